The third-order valence-corrected chi connectivity index (χ3v) is 3.40. The van der Waals surface area contributed by atoms with E-state index in [1.54, 1.807) is 0 Å². The number of hydrogen-bond acceptors (Lipinski definition) is 3. The molecule has 0 unspecified atom stereocenters. The van der Waals surface area contributed by atoms with Gasteiger partial charge in [0, 0.05) is 11.6 Å². The van der Waals surface area contributed by atoms with Crippen molar-refractivity contribution in [2.24, 2.45) is 0 Å². The van der Waals surface area contributed by atoms with E-state index in [1.807, 2.05) is 6.92 Å². The minimum atomic E-state index is -0.745. The van der Waals surface area contributed by atoms with Crippen molar-refractivity contribution >= 4 is 23.2 Å². The summed E-state index contributed by atoms with van der Waals surface area (Å²) in [5.41, 5.74) is -0.134. The largest absolute Gasteiger partial charge is 0.493 e. The summed E-state index contributed by atoms with van der Waals surface area (Å²) in [5.74, 6) is -1.45. The van der Waals surface area contributed by atoms with Crippen LogP contribution in [-0.2, 0) is 0 Å². The van der Waals surface area contributed by atoms with Gasteiger partial charge in [0.1, 0.15) is 11.6 Å². The van der Waals surface area contributed by atoms with Crippen molar-refractivity contribution in [2.75, 3.05) is 19.0 Å². The Bertz CT molecular complexity index is 753. The Hall–Kier alpha value is -2.34. The molecule has 0 aromatic heterocycles. The molecule has 0 saturated carbocycles. The molecule has 2 rings (SSSR count). The van der Waals surface area contributed by atoms with Crippen LogP contribution in [0.2, 0.25) is 5.02 Å². The van der Waals surface area contributed by atoms with Crippen molar-refractivity contribution in [1.29, 1.82) is 0 Å². The fourth-order valence-electron chi connectivity index (χ4n) is 1.98. The lowest BCUT2D eigenvalue weighted by Gasteiger charge is -2.14. The van der Waals surface area contributed by atoms with Crippen molar-refractivity contribution in [3.05, 3.63) is 52.6 Å². The second-order valence-corrected chi connectivity index (χ2v) is 5.32. The first kappa shape index (κ1) is 18.0. The van der Waals surface area contributed by atoms with Gasteiger partial charge < -0.3 is 14.8 Å². The van der Waals surface area contributed by atoms with Crippen LogP contribution < -0.4 is 14.8 Å². The van der Waals surface area contributed by atoms with Crippen molar-refractivity contribution in [2.45, 2.75) is 13.3 Å². The first-order chi connectivity index (χ1) is 11.5. The van der Waals surface area contributed by atoms with E-state index >= 15 is 0 Å². The minimum absolute atomic E-state index is 0.129. The van der Waals surface area contributed by atoms with Crippen LogP contribution in [0.1, 0.15) is 23.7 Å². The first-order valence-corrected chi connectivity index (χ1v) is 7.60. The summed E-state index contributed by atoms with van der Waals surface area (Å²) in [7, 11) is 1.42. The Labute approximate surface area is 143 Å². The zero-order chi connectivity index (χ0) is 17.7. The highest BCUT2D eigenvalue weighted by Gasteiger charge is 2.17. The summed E-state index contributed by atoms with van der Waals surface area (Å²) in [6.45, 7) is 2.38. The molecule has 2 aromatic carbocycles. The predicted octanol–water partition coefficient (Wildman–Crippen LogP) is 4.67. The Morgan fingerprint density at radius 3 is 2.67 bits per heavy atom. The van der Waals surface area contributed by atoms with Crippen LogP contribution >= 0.6 is 11.6 Å². The molecule has 2 aromatic rings. The van der Waals surface area contributed by atoms with E-state index in [0.717, 1.165) is 24.6 Å². The van der Waals surface area contributed by atoms with Gasteiger partial charge in [0.05, 0.1) is 24.4 Å². The standard InChI is InChI=1S/C17H16ClF2NO3/c1-3-6-24-16-12(18)7-10(8-15(16)23-2)17(22)21-14-9-11(19)4-5-13(14)20/h4-5,7-9H,3,6H2,1-2H3,(H,21,22). The highest BCUT2D eigenvalue weighted by Crippen LogP contribution is 2.36. The maximum absolute atomic E-state index is 13.6. The molecule has 0 saturated heterocycles. The van der Waals surface area contributed by atoms with Gasteiger partial charge in [-0.2, -0.15) is 0 Å². The predicted molar refractivity (Wildman–Crippen MR) is 88.1 cm³/mol. The molecule has 1 N–H and O–H groups in total. The average Bonchev–Trinajstić information content (AvgIpc) is 2.56. The molecular formula is C17H16ClF2NO3. The average molecular weight is 356 g/mol. The van der Waals surface area contributed by atoms with Gasteiger partial charge in [0.2, 0.25) is 0 Å². The highest BCUT2D eigenvalue weighted by atomic mass is 35.5. The van der Waals surface area contributed by atoms with E-state index in [4.69, 9.17) is 21.1 Å². The van der Waals surface area contributed by atoms with Crippen LogP contribution in [0, 0.1) is 11.6 Å². The number of ether oxygens (including phenoxy) is 2. The van der Waals surface area contributed by atoms with Crippen LogP contribution in [0.25, 0.3) is 0 Å². The van der Waals surface area contributed by atoms with Crippen LogP contribution in [0.3, 0.4) is 0 Å². The molecule has 0 atom stereocenters. The third kappa shape index (κ3) is 4.14. The lowest BCUT2D eigenvalue weighted by atomic mass is 10.1. The van der Waals surface area contributed by atoms with Gasteiger partial charge in [0.15, 0.2) is 11.5 Å². The van der Waals surface area contributed by atoms with E-state index in [9.17, 15) is 13.6 Å². The number of carbonyl (C=O) groups is 1. The maximum Gasteiger partial charge on any atom is 0.255 e. The molecule has 0 aliphatic carbocycles. The first-order valence-electron chi connectivity index (χ1n) is 7.23. The molecular weight excluding hydrogens is 340 g/mol. The monoisotopic (exact) mass is 355 g/mol. The maximum atomic E-state index is 13.6. The number of anilines is 1. The van der Waals surface area contributed by atoms with Crippen LogP contribution in [0.15, 0.2) is 30.3 Å². The van der Waals surface area contributed by atoms with Crippen molar-refractivity contribution < 1.29 is 23.0 Å². The topological polar surface area (TPSA) is 47.6 Å². The normalized spacial score (nSPS) is 10.4. The molecule has 128 valence electrons. The van der Waals surface area contributed by atoms with Crippen molar-refractivity contribution in [1.82, 2.24) is 0 Å². The Morgan fingerprint density at radius 2 is 2.00 bits per heavy atom. The summed E-state index contributed by atoms with van der Waals surface area (Å²) in [6, 6.07) is 5.58. The number of halogens is 3. The Morgan fingerprint density at radius 1 is 1.25 bits per heavy atom. The number of rotatable bonds is 6. The molecule has 0 heterocycles. The summed E-state index contributed by atoms with van der Waals surface area (Å²) in [5, 5.41) is 2.49. The summed E-state index contributed by atoms with van der Waals surface area (Å²) in [4.78, 5) is 12.3. The van der Waals surface area contributed by atoms with Crippen LogP contribution in [-0.4, -0.2) is 19.6 Å². The van der Waals surface area contributed by atoms with Crippen LogP contribution in [0.5, 0.6) is 11.5 Å². The number of methoxy groups -OCH3 is 1. The van der Waals surface area contributed by atoms with E-state index in [-0.39, 0.29) is 22.0 Å². The molecule has 0 bridgehead atoms. The molecule has 24 heavy (non-hydrogen) atoms. The van der Waals surface area contributed by atoms with Gasteiger partial charge >= 0.3 is 0 Å². The number of benzene rings is 2. The zero-order valence-corrected chi connectivity index (χ0v) is 13.9. The number of carbonyl (C=O) groups excluding carboxylic acids is 1. The van der Waals surface area contributed by atoms with Gasteiger partial charge in [-0.25, -0.2) is 8.78 Å². The molecule has 0 spiro atoms. The van der Waals surface area contributed by atoms with Gasteiger partial charge in [0.25, 0.3) is 5.91 Å². The van der Waals surface area contributed by atoms with Crippen LogP contribution in [0.4, 0.5) is 14.5 Å². The lowest BCUT2D eigenvalue weighted by Crippen LogP contribution is -2.14. The Balaban J connectivity index is 2.29. The van der Waals surface area contributed by atoms with E-state index < -0.39 is 17.5 Å². The molecule has 0 aliphatic rings. The third-order valence-electron chi connectivity index (χ3n) is 3.12. The van der Waals surface area contributed by atoms with Gasteiger partial charge in [-0.1, -0.05) is 18.5 Å². The SMILES string of the molecule is CCCOc1c(Cl)cc(C(=O)Nc2cc(F)ccc2F)cc1OC. The van der Waals surface area contributed by atoms with Gasteiger partial charge in [-0.05, 0) is 30.7 Å². The molecule has 0 radical (unpaired) electrons. The van der Waals surface area contributed by atoms with Gasteiger partial charge in [-0.15, -0.1) is 0 Å². The number of hydrogen-bond donors (Lipinski definition) is 1. The Kier molecular flexibility index (Phi) is 5.98. The van der Waals surface area contributed by atoms with Crippen molar-refractivity contribution in [3.8, 4) is 11.5 Å². The van der Waals surface area contributed by atoms with Crippen molar-refractivity contribution in [3.63, 3.8) is 0 Å². The summed E-state index contributed by atoms with van der Waals surface area (Å²) in [6.07, 6.45) is 0.778. The summed E-state index contributed by atoms with van der Waals surface area (Å²) < 4.78 is 37.5. The molecule has 1 amide bonds. The number of nitrogens with one attached hydrogen (secondary N) is 1. The summed E-state index contributed by atoms with van der Waals surface area (Å²) >= 11 is 6.13. The van der Waals surface area contributed by atoms with Gasteiger partial charge in [-0.3, -0.25) is 4.79 Å². The molecule has 0 fully saturated rings. The fourth-order valence-corrected chi connectivity index (χ4v) is 2.25. The molecule has 7 heteroatoms. The van der Waals surface area contributed by atoms with E-state index in [2.05, 4.69) is 5.32 Å². The minimum Gasteiger partial charge on any atom is -0.493 e. The zero-order valence-electron chi connectivity index (χ0n) is 13.2. The fraction of sp³-hybridized carbons (Fsp3) is 0.235. The number of amides is 1. The molecule has 0 aliphatic heterocycles. The lowest BCUT2D eigenvalue weighted by molar-refractivity contribution is 0.102. The quantitative estimate of drug-likeness (QED) is 0.819. The molecule has 4 nitrogen and oxygen atoms in total. The van der Waals surface area contributed by atoms with E-state index in [0.29, 0.717) is 12.4 Å². The van der Waals surface area contributed by atoms with E-state index in [1.165, 1.54) is 19.2 Å². The second kappa shape index (κ2) is 7.97. The highest BCUT2D eigenvalue weighted by molar-refractivity contribution is 6.32. The smallest absolute Gasteiger partial charge is 0.255 e. The second-order valence-electron chi connectivity index (χ2n) is 4.92.